The number of pyridine rings is 6. The lowest BCUT2D eigenvalue weighted by molar-refractivity contribution is 1.08. The molecule has 0 aliphatic heterocycles. The lowest BCUT2D eigenvalue weighted by Gasteiger charge is -2.14. The van der Waals surface area contributed by atoms with Gasteiger partial charge in [-0.25, -0.2) is 9.97 Å². The SMILES string of the molecule is c1cncc(-c2cc(-c3ccc4c(ccc5cc(-c6cc(-c7cccnc7)cc(-n7c8ccccc8c8cnccc87)n6)ccc54)c3)nc(-n3c4ccccc4c4cnccc43)c2)c1. The third-order valence-corrected chi connectivity index (χ3v) is 12.4. The van der Waals surface area contributed by atoms with Crippen molar-refractivity contribution >= 4 is 65.2 Å². The first-order valence-corrected chi connectivity index (χ1v) is 21.2. The van der Waals surface area contributed by atoms with Crippen LogP contribution in [-0.2, 0) is 0 Å². The highest BCUT2D eigenvalue weighted by Gasteiger charge is 2.18. The zero-order chi connectivity index (χ0) is 42.1. The molecule has 0 aliphatic carbocycles. The summed E-state index contributed by atoms with van der Waals surface area (Å²) in [6, 6.07) is 55.6. The van der Waals surface area contributed by atoms with Crippen LogP contribution in [-0.4, -0.2) is 39.0 Å². The Morgan fingerprint density at radius 3 is 1.20 bits per heavy atom. The van der Waals surface area contributed by atoms with Crippen molar-refractivity contribution in [2.75, 3.05) is 0 Å². The summed E-state index contributed by atoms with van der Waals surface area (Å²) >= 11 is 0. The minimum Gasteiger partial charge on any atom is -0.294 e. The molecule has 64 heavy (non-hydrogen) atoms. The smallest absolute Gasteiger partial charge is 0.138 e. The molecule has 0 aliphatic rings. The number of benzene rings is 5. The van der Waals surface area contributed by atoms with Crippen LogP contribution in [0.2, 0.25) is 0 Å². The number of fused-ring (bicyclic) bond motifs is 9. The summed E-state index contributed by atoms with van der Waals surface area (Å²) in [5, 5.41) is 9.07. The number of nitrogens with zero attached hydrogens (tertiary/aromatic N) is 8. The zero-order valence-electron chi connectivity index (χ0n) is 34.2. The van der Waals surface area contributed by atoms with E-state index in [1.54, 1.807) is 0 Å². The summed E-state index contributed by atoms with van der Waals surface area (Å²) in [5.41, 5.74) is 12.2. The van der Waals surface area contributed by atoms with Gasteiger partial charge in [0.05, 0.1) is 33.5 Å². The fourth-order valence-corrected chi connectivity index (χ4v) is 9.47. The van der Waals surface area contributed by atoms with Crippen molar-refractivity contribution in [3.63, 3.8) is 0 Å². The second kappa shape index (κ2) is 14.4. The van der Waals surface area contributed by atoms with Crippen LogP contribution < -0.4 is 0 Å². The molecule has 0 bridgehead atoms. The molecule has 0 N–H and O–H groups in total. The molecule has 0 atom stereocenters. The lowest BCUT2D eigenvalue weighted by Crippen LogP contribution is -2.00. The number of rotatable bonds is 6. The van der Waals surface area contributed by atoms with E-state index in [1.807, 2.05) is 61.7 Å². The molecule has 0 fully saturated rings. The Bertz CT molecular complexity index is 3600. The summed E-state index contributed by atoms with van der Waals surface area (Å²) in [7, 11) is 0. The normalized spacial score (nSPS) is 11.8. The molecule has 8 aromatic heterocycles. The number of aromatic nitrogens is 8. The predicted octanol–water partition coefficient (Wildman–Crippen LogP) is 13.2. The van der Waals surface area contributed by atoms with Gasteiger partial charge in [-0.3, -0.25) is 29.1 Å². The molecule has 0 saturated heterocycles. The maximum Gasteiger partial charge on any atom is 0.138 e. The Labute approximate surface area is 366 Å². The van der Waals surface area contributed by atoms with Crippen LogP contribution in [0.1, 0.15) is 0 Å². The summed E-state index contributed by atoms with van der Waals surface area (Å²) in [6.07, 6.45) is 15.0. The second-order valence-electron chi connectivity index (χ2n) is 16.1. The molecule has 8 heterocycles. The third kappa shape index (κ3) is 5.77. The van der Waals surface area contributed by atoms with Crippen molar-refractivity contribution in [2.24, 2.45) is 0 Å². The highest BCUT2D eigenvalue weighted by Crippen LogP contribution is 2.38. The van der Waals surface area contributed by atoms with E-state index in [4.69, 9.17) is 9.97 Å². The Kier molecular flexibility index (Phi) is 8.04. The van der Waals surface area contributed by atoms with Crippen molar-refractivity contribution in [1.29, 1.82) is 0 Å². The number of hydrogen-bond acceptors (Lipinski definition) is 6. The van der Waals surface area contributed by atoms with Gasteiger partial charge in [-0.1, -0.05) is 84.9 Å². The molecule has 0 saturated carbocycles. The van der Waals surface area contributed by atoms with Gasteiger partial charge in [-0.15, -0.1) is 0 Å². The number of hydrogen-bond donors (Lipinski definition) is 0. The van der Waals surface area contributed by atoms with Gasteiger partial charge in [0.15, 0.2) is 0 Å². The third-order valence-electron chi connectivity index (χ3n) is 12.4. The molecule has 8 nitrogen and oxygen atoms in total. The van der Waals surface area contributed by atoms with E-state index in [1.165, 1.54) is 10.8 Å². The summed E-state index contributed by atoms with van der Waals surface area (Å²) in [5.74, 6) is 1.67. The van der Waals surface area contributed by atoms with Crippen molar-refractivity contribution in [3.8, 4) is 56.4 Å². The maximum absolute atomic E-state index is 5.38. The predicted molar refractivity (Wildman–Crippen MR) is 259 cm³/mol. The van der Waals surface area contributed by atoms with Gasteiger partial charge >= 0.3 is 0 Å². The van der Waals surface area contributed by atoms with E-state index in [2.05, 4.69) is 175 Å². The van der Waals surface area contributed by atoms with Gasteiger partial charge in [-0.2, -0.15) is 0 Å². The molecular formula is C56H34N8. The highest BCUT2D eigenvalue weighted by molar-refractivity contribution is 6.11. The van der Waals surface area contributed by atoms with Crippen LogP contribution in [0, 0.1) is 0 Å². The molecule has 5 aromatic carbocycles. The minimum atomic E-state index is 0.833. The fraction of sp³-hybridized carbons (Fsp3) is 0. The van der Waals surface area contributed by atoms with Gasteiger partial charge < -0.3 is 0 Å². The van der Waals surface area contributed by atoms with E-state index < -0.39 is 0 Å². The first-order valence-electron chi connectivity index (χ1n) is 21.2. The Morgan fingerprint density at radius 1 is 0.281 bits per heavy atom. The van der Waals surface area contributed by atoms with Crippen molar-refractivity contribution in [1.82, 2.24) is 39.0 Å². The Balaban J connectivity index is 0.941. The summed E-state index contributed by atoms with van der Waals surface area (Å²) < 4.78 is 4.49. The second-order valence-corrected chi connectivity index (χ2v) is 16.1. The zero-order valence-corrected chi connectivity index (χ0v) is 34.2. The molecule has 0 amide bonds. The fourth-order valence-electron chi connectivity index (χ4n) is 9.47. The molecule has 13 rings (SSSR count). The van der Waals surface area contributed by atoms with E-state index >= 15 is 0 Å². The number of para-hydroxylation sites is 2. The first-order chi connectivity index (χ1) is 31.7. The van der Waals surface area contributed by atoms with Crippen molar-refractivity contribution < 1.29 is 0 Å². The molecule has 0 spiro atoms. The minimum absolute atomic E-state index is 0.833. The van der Waals surface area contributed by atoms with Crippen molar-refractivity contribution in [3.05, 3.63) is 207 Å². The van der Waals surface area contributed by atoms with Crippen molar-refractivity contribution in [2.45, 2.75) is 0 Å². The van der Waals surface area contributed by atoms with Crippen LogP contribution in [0.5, 0.6) is 0 Å². The van der Waals surface area contributed by atoms with Crippen LogP contribution in [0.3, 0.4) is 0 Å². The molecule has 0 unspecified atom stereocenters. The van der Waals surface area contributed by atoms with Crippen LogP contribution in [0.4, 0.5) is 0 Å². The van der Waals surface area contributed by atoms with Gasteiger partial charge in [-0.05, 0) is 105 Å². The van der Waals surface area contributed by atoms with E-state index in [0.717, 1.165) is 111 Å². The standard InChI is InChI=1S/C56H34N8/c1-3-11-51-45(9-1)47-33-59-23-19-53(47)63(51)55-29-41(39-7-5-21-57-31-39)27-49(61-55)37-15-17-43-35(25-37)13-14-36-26-38(16-18-44(36)43)50-28-42(40-8-6-22-58-32-40)30-56(62-50)64-52-12-4-2-10-46(52)48-34-60-24-20-54(48)64/h1-34H. The van der Waals surface area contributed by atoms with Crippen LogP contribution >= 0.6 is 0 Å². The van der Waals surface area contributed by atoms with Gasteiger partial charge in [0.1, 0.15) is 11.6 Å². The van der Waals surface area contributed by atoms with E-state index in [-0.39, 0.29) is 0 Å². The average Bonchev–Trinajstić information content (AvgIpc) is 3.89. The van der Waals surface area contributed by atoms with Gasteiger partial charge in [0.2, 0.25) is 0 Å². The topological polar surface area (TPSA) is 87.2 Å². The quantitative estimate of drug-likeness (QED) is 0.155. The van der Waals surface area contributed by atoms with E-state index in [0.29, 0.717) is 0 Å². The molecule has 0 radical (unpaired) electrons. The molecular weight excluding hydrogens is 785 g/mol. The maximum atomic E-state index is 5.38. The Morgan fingerprint density at radius 2 is 0.734 bits per heavy atom. The molecule has 8 heteroatoms. The largest absolute Gasteiger partial charge is 0.294 e. The van der Waals surface area contributed by atoms with Gasteiger partial charge in [0.25, 0.3) is 0 Å². The highest BCUT2D eigenvalue weighted by atomic mass is 15.1. The first kappa shape index (κ1) is 35.8. The van der Waals surface area contributed by atoms with Crippen LogP contribution in [0.25, 0.3) is 122 Å². The molecule has 298 valence electrons. The Hall–Kier alpha value is -8.88. The summed E-state index contributed by atoms with van der Waals surface area (Å²) in [4.78, 5) is 28.6. The van der Waals surface area contributed by atoms with E-state index in [9.17, 15) is 0 Å². The average molecular weight is 819 g/mol. The molecule has 13 aromatic rings. The lowest BCUT2D eigenvalue weighted by atomic mass is 9.96. The monoisotopic (exact) mass is 818 g/mol. The summed E-state index contributed by atoms with van der Waals surface area (Å²) in [6.45, 7) is 0. The van der Waals surface area contributed by atoms with Gasteiger partial charge in [0, 0.05) is 93.4 Å². The van der Waals surface area contributed by atoms with Crippen LogP contribution in [0.15, 0.2) is 207 Å².